The molecule has 0 aliphatic rings. The number of carbonyl (C=O) groups excluding carboxylic acids is 2. The Hall–Kier alpha value is -2.53. The van der Waals surface area contributed by atoms with Crippen LogP contribution < -0.4 is 10.1 Å². The van der Waals surface area contributed by atoms with E-state index in [-0.39, 0.29) is 18.2 Å². The van der Waals surface area contributed by atoms with Crippen LogP contribution in [0.15, 0.2) is 48.5 Å². The van der Waals surface area contributed by atoms with Gasteiger partial charge in [0.05, 0.1) is 13.5 Å². The number of carbonyl (C=O) groups is 2. The van der Waals surface area contributed by atoms with Crippen LogP contribution in [0.5, 0.6) is 5.75 Å². The van der Waals surface area contributed by atoms with Crippen LogP contribution in [0, 0.1) is 0 Å². The van der Waals surface area contributed by atoms with Crippen molar-refractivity contribution < 1.29 is 14.3 Å². The molecule has 0 aromatic heterocycles. The SMILES string of the molecule is CNC(=O)[C@H](C)N(Cc1ccc(OC)cc1)C(=O)Cc1ccccc1Cl. The second-order valence-electron chi connectivity index (χ2n) is 5.93. The quantitative estimate of drug-likeness (QED) is 0.810. The molecule has 0 saturated heterocycles. The lowest BCUT2D eigenvalue weighted by molar-refractivity contribution is -0.139. The number of benzene rings is 2. The zero-order valence-electron chi connectivity index (χ0n) is 15.2. The van der Waals surface area contributed by atoms with E-state index in [1.165, 1.54) is 0 Å². The van der Waals surface area contributed by atoms with Crippen molar-refractivity contribution in [2.45, 2.75) is 25.9 Å². The van der Waals surface area contributed by atoms with Crippen molar-refractivity contribution in [2.75, 3.05) is 14.2 Å². The van der Waals surface area contributed by atoms with Gasteiger partial charge in [0.25, 0.3) is 0 Å². The number of nitrogens with one attached hydrogen (secondary N) is 1. The van der Waals surface area contributed by atoms with E-state index < -0.39 is 6.04 Å². The third-order valence-corrected chi connectivity index (χ3v) is 4.59. The van der Waals surface area contributed by atoms with Crippen molar-refractivity contribution in [1.82, 2.24) is 10.2 Å². The first-order chi connectivity index (χ1) is 12.5. The molecule has 2 aromatic rings. The van der Waals surface area contributed by atoms with Crippen LogP contribution in [0.25, 0.3) is 0 Å². The summed E-state index contributed by atoms with van der Waals surface area (Å²) >= 11 is 6.17. The second kappa shape index (κ2) is 9.25. The number of rotatable bonds is 7. The Morgan fingerprint density at radius 1 is 1.15 bits per heavy atom. The van der Waals surface area contributed by atoms with E-state index in [1.54, 1.807) is 32.0 Å². The molecule has 2 aromatic carbocycles. The molecule has 1 N–H and O–H groups in total. The molecule has 0 spiro atoms. The highest BCUT2D eigenvalue weighted by atomic mass is 35.5. The van der Waals surface area contributed by atoms with Gasteiger partial charge in [0, 0.05) is 18.6 Å². The number of likely N-dealkylation sites (N-methyl/N-ethyl adjacent to an activating group) is 1. The zero-order valence-corrected chi connectivity index (χ0v) is 15.9. The van der Waals surface area contributed by atoms with Crippen LogP contribution in [0.1, 0.15) is 18.1 Å². The average molecular weight is 375 g/mol. The van der Waals surface area contributed by atoms with E-state index in [0.717, 1.165) is 16.9 Å². The Kier molecular flexibility index (Phi) is 7.04. The summed E-state index contributed by atoms with van der Waals surface area (Å²) < 4.78 is 5.16. The molecule has 138 valence electrons. The number of nitrogens with zero attached hydrogens (tertiary/aromatic N) is 1. The van der Waals surface area contributed by atoms with Crippen molar-refractivity contribution in [1.29, 1.82) is 0 Å². The number of ether oxygens (including phenoxy) is 1. The molecule has 0 radical (unpaired) electrons. The summed E-state index contributed by atoms with van der Waals surface area (Å²) in [6.45, 7) is 2.04. The van der Waals surface area contributed by atoms with E-state index in [9.17, 15) is 9.59 Å². The zero-order chi connectivity index (χ0) is 19.1. The molecule has 0 bridgehead atoms. The minimum Gasteiger partial charge on any atom is -0.497 e. The van der Waals surface area contributed by atoms with Gasteiger partial charge in [-0.1, -0.05) is 41.9 Å². The molecule has 0 aliphatic heterocycles. The molecule has 5 nitrogen and oxygen atoms in total. The van der Waals surface area contributed by atoms with Gasteiger partial charge in [0.2, 0.25) is 11.8 Å². The minimum absolute atomic E-state index is 0.136. The molecular weight excluding hydrogens is 352 g/mol. The standard InChI is InChI=1S/C20H23ClN2O3/c1-14(20(25)22-2)23(13-15-8-10-17(26-3)11-9-15)19(24)12-16-6-4-5-7-18(16)21/h4-11,14H,12-13H2,1-3H3,(H,22,25)/t14-/m0/s1. The van der Waals surface area contributed by atoms with Gasteiger partial charge in [-0.2, -0.15) is 0 Å². The summed E-state index contributed by atoms with van der Waals surface area (Å²) in [7, 11) is 3.16. The molecular formula is C20H23ClN2O3. The van der Waals surface area contributed by atoms with E-state index in [0.29, 0.717) is 11.6 Å². The average Bonchev–Trinajstić information content (AvgIpc) is 2.67. The van der Waals surface area contributed by atoms with Gasteiger partial charge in [0.1, 0.15) is 11.8 Å². The van der Waals surface area contributed by atoms with Gasteiger partial charge >= 0.3 is 0 Å². The minimum atomic E-state index is -0.600. The Morgan fingerprint density at radius 3 is 2.38 bits per heavy atom. The van der Waals surface area contributed by atoms with Crippen molar-refractivity contribution in [2.24, 2.45) is 0 Å². The number of methoxy groups -OCH3 is 1. The van der Waals surface area contributed by atoms with Crippen LogP contribution >= 0.6 is 11.6 Å². The van der Waals surface area contributed by atoms with Crippen LogP contribution in [0.3, 0.4) is 0 Å². The lowest BCUT2D eigenvalue weighted by atomic mass is 10.1. The van der Waals surface area contributed by atoms with Crippen molar-refractivity contribution in [3.63, 3.8) is 0 Å². The van der Waals surface area contributed by atoms with Crippen LogP contribution in [-0.2, 0) is 22.6 Å². The first-order valence-corrected chi connectivity index (χ1v) is 8.71. The first kappa shape index (κ1) is 19.8. The highest BCUT2D eigenvalue weighted by Gasteiger charge is 2.25. The fraction of sp³-hybridized carbons (Fsp3) is 0.300. The van der Waals surface area contributed by atoms with Crippen molar-refractivity contribution in [3.8, 4) is 5.75 Å². The molecule has 0 unspecified atom stereocenters. The van der Waals surface area contributed by atoms with E-state index >= 15 is 0 Å². The molecule has 0 aliphatic carbocycles. The molecule has 26 heavy (non-hydrogen) atoms. The summed E-state index contributed by atoms with van der Waals surface area (Å²) in [5, 5.41) is 3.14. The van der Waals surface area contributed by atoms with Gasteiger partial charge in [-0.3, -0.25) is 9.59 Å². The van der Waals surface area contributed by atoms with Crippen LogP contribution in [-0.4, -0.2) is 36.9 Å². The van der Waals surface area contributed by atoms with Gasteiger partial charge in [-0.15, -0.1) is 0 Å². The smallest absolute Gasteiger partial charge is 0.242 e. The highest BCUT2D eigenvalue weighted by Crippen LogP contribution is 2.19. The largest absolute Gasteiger partial charge is 0.497 e. The number of hydrogen-bond acceptors (Lipinski definition) is 3. The lowest BCUT2D eigenvalue weighted by Gasteiger charge is -2.28. The van der Waals surface area contributed by atoms with Crippen LogP contribution in [0.2, 0.25) is 5.02 Å². The number of halogens is 1. The van der Waals surface area contributed by atoms with Gasteiger partial charge in [-0.05, 0) is 36.2 Å². The van der Waals surface area contributed by atoms with Crippen molar-refractivity contribution >= 4 is 23.4 Å². The normalized spacial score (nSPS) is 11.5. The summed E-state index contributed by atoms with van der Waals surface area (Å²) in [6.07, 6.45) is 0.136. The molecule has 2 rings (SSSR count). The van der Waals surface area contributed by atoms with Crippen LogP contribution in [0.4, 0.5) is 0 Å². The Bertz CT molecular complexity index is 762. The Labute approximate surface area is 158 Å². The second-order valence-corrected chi connectivity index (χ2v) is 6.34. The first-order valence-electron chi connectivity index (χ1n) is 8.33. The maximum atomic E-state index is 12.9. The van der Waals surface area contributed by atoms with E-state index in [1.807, 2.05) is 42.5 Å². The number of amides is 2. The molecule has 2 amide bonds. The van der Waals surface area contributed by atoms with E-state index in [2.05, 4.69) is 5.32 Å². The fourth-order valence-electron chi connectivity index (χ4n) is 2.63. The molecule has 1 atom stereocenters. The summed E-state index contributed by atoms with van der Waals surface area (Å²) in [6, 6.07) is 14.0. The van der Waals surface area contributed by atoms with Gasteiger partial charge in [-0.25, -0.2) is 0 Å². The number of hydrogen-bond donors (Lipinski definition) is 1. The lowest BCUT2D eigenvalue weighted by Crippen LogP contribution is -2.47. The Morgan fingerprint density at radius 2 is 1.81 bits per heavy atom. The molecule has 0 saturated carbocycles. The summed E-state index contributed by atoms with van der Waals surface area (Å²) in [4.78, 5) is 26.6. The summed E-state index contributed by atoms with van der Waals surface area (Å²) in [5.41, 5.74) is 1.65. The maximum Gasteiger partial charge on any atom is 0.242 e. The predicted octanol–water partition coefficient (Wildman–Crippen LogP) is 3.05. The maximum absolute atomic E-state index is 12.9. The van der Waals surface area contributed by atoms with E-state index in [4.69, 9.17) is 16.3 Å². The Balaban J connectivity index is 2.23. The van der Waals surface area contributed by atoms with Crippen molar-refractivity contribution in [3.05, 3.63) is 64.7 Å². The van der Waals surface area contributed by atoms with Gasteiger partial charge in [0.15, 0.2) is 0 Å². The van der Waals surface area contributed by atoms with Gasteiger partial charge < -0.3 is 15.0 Å². The topological polar surface area (TPSA) is 58.6 Å². The summed E-state index contributed by atoms with van der Waals surface area (Å²) in [5.74, 6) is 0.359. The molecule has 6 heteroatoms. The predicted molar refractivity (Wildman–Crippen MR) is 102 cm³/mol. The monoisotopic (exact) mass is 374 g/mol. The highest BCUT2D eigenvalue weighted by molar-refractivity contribution is 6.31. The molecule has 0 fully saturated rings. The fourth-order valence-corrected chi connectivity index (χ4v) is 2.83. The molecule has 0 heterocycles. The third kappa shape index (κ3) is 4.99. The third-order valence-electron chi connectivity index (χ3n) is 4.23.